The Bertz CT molecular complexity index is 849. The first kappa shape index (κ1) is 17.6. The molecule has 1 unspecified atom stereocenters. The molecule has 0 radical (unpaired) electrons. The number of hydrogen-bond acceptors (Lipinski definition) is 3. The van der Waals surface area contributed by atoms with Gasteiger partial charge in [0.1, 0.15) is 0 Å². The number of amides is 1. The molecule has 2 N–H and O–H groups in total. The first-order chi connectivity index (χ1) is 11.3. The minimum absolute atomic E-state index is 0.265. The minimum atomic E-state index is -0.548. The van der Waals surface area contributed by atoms with Crippen molar-refractivity contribution in [1.82, 2.24) is 0 Å². The zero-order chi connectivity index (χ0) is 17.5. The topological polar surface area (TPSA) is 55.5 Å². The highest BCUT2D eigenvalue weighted by Gasteiger charge is 2.35. The molecule has 1 heterocycles. The second kappa shape index (κ2) is 6.60. The molecule has 0 saturated heterocycles. The van der Waals surface area contributed by atoms with E-state index in [0.29, 0.717) is 27.1 Å². The predicted molar refractivity (Wildman–Crippen MR) is 103 cm³/mol. The van der Waals surface area contributed by atoms with Crippen molar-refractivity contribution in [3.05, 3.63) is 68.2 Å². The summed E-state index contributed by atoms with van der Waals surface area (Å²) in [5.74, 6) is -0.548. The van der Waals surface area contributed by atoms with Gasteiger partial charge in [0.25, 0.3) is 0 Å². The van der Waals surface area contributed by atoms with E-state index in [-0.39, 0.29) is 4.75 Å². The molecule has 0 spiro atoms. The van der Waals surface area contributed by atoms with Gasteiger partial charge in [-0.25, -0.2) is 4.40 Å². The summed E-state index contributed by atoms with van der Waals surface area (Å²) in [4.78, 5) is 11.3. The number of carbonyl (C=O) groups is 1. The van der Waals surface area contributed by atoms with Gasteiger partial charge in [-0.3, -0.25) is 4.79 Å². The highest BCUT2D eigenvalue weighted by Crippen LogP contribution is 2.47. The van der Waals surface area contributed by atoms with Crippen molar-refractivity contribution < 1.29 is 4.79 Å². The van der Waals surface area contributed by atoms with E-state index in [4.69, 9.17) is 40.5 Å². The molecule has 0 bridgehead atoms. The Kier molecular flexibility index (Phi) is 4.85. The number of hydrogen-bond donors (Lipinski definition) is 1. The Balaban J connectivity index is 1.89. The molecule has 24 heavy (non-hydrogen) atoms. The molecule has 0 aromatic heterocycles. The lowest BCUT2D eigenvalue weighted by Gasteiger charge is -2.22. The lowest BCUT2D eigenvalue weighted by molar-refractivity contribution is 0.100. The third kappa shape index (κ3) is 3.42. The Morgan fingerprint density at radius 1 is 1.17 bits per heavy atom. The van der Waals surface area contributed by atoms with Crippen molar-refractivity contribution in [1.29, 1.82) is 0 Å². The fourth-order valence-corrected chi connectivity index (χ4v) is 4.31. The van der Waals surface area contributed by atoms with Crippen LogP contribution in [0.25, 0.3) is 0 Å². The zero-order valence-electron chi connectivity index (χ0n) is 12.6. The highest BCUT2D eigenvalue weighted by atomic mass is 35.5. The normalized spacial score (nSPS) is 20.1. The molecule has 3 rings (SSSR count). The maximum atomic E-state index is 11.3. The lowest BCUT2D eigenvalue weighted by Crippen LogP contribution is -2.17. The second-order valence-corrected chi connectivity index (χ2v) is 8.30. The van der Waals surface area contributed by atoms with Gasteiger partial charge in [0.15, 0.2) is 0 Å². The number of benzene rings is 2. The summed E-state index contributed by atoms with van der Waals surface area (Å²) in [6.07, 6.45) is 0.695. The van der Waals surface area contributed by atoms with Crippen LogP contribution in [0.15, 0.2) is 40.8 Å². The highest BCUT2D eigenvalue weighted by molar-refractivity contribution is 7.99. The number of halogens is 3. The summed E-state index contributed by atoms with van der Waals surface area (Å²) in [6.45, 7) is 2.09. The van der Waals surface area contributed by atoms with Crippen LogP contribution in [0.3, 0.4) is 0 Å². The van der Waals surface area contributed by atoms with Gasteiger partial charge in [-0.15, -0.1) is 0 Å². The van der Waals surface area contributed by atoms with E-state index in [9.17, 15) is 4.79 Å². The van der Waals surface area contributed by atoms with E-state index < -0.39 is 5.91 Å². The van der Waals surface area contributed by atoms with Gasteiger partial charge in [-0.1, -0.05) is 40.9 Å². The molecule has 124 valence electrons. The fraction of sp³-hybridized carbons (Fsp3) is 0.176. The first-order valence-corrected chi connectivity index (χ1v) is 9.00. The SMILES string of the molecule is CC1(c2cc(Cl)cc(Cl)c2)CC(c2ccc(C(N)=O)c(Cl)c2)=NS1. The van der Waals surface area contributed by atoms with Crippen LogP contribution in [0.1, 0.15) is 34.8 Å². The Morgan fingerprint density at radius 2 is 1.83 bits per heavy atom. The van der Waals surface area contributed by atoms with Crippen molar-refractivity contribution in [3.8, 4) is 0 Å². The van der Waals surface area contributed by atoms with Crippen LogP contribution in [0.2, 0.25) is 15.1 Å². The molecule has 3 nitrogen and oxygen atoms in total. The van der Waals surface area contributed by atoms with Crippen molar-refractivity contribution in [2.24, 2.45) is 10.1 Å². The monoisotopic (exact) mass is 398 g/mol. The smallest absolute Gasteiger partial charge is 0.250 e. The molecule has 1 aliphatic heterocycles. The average molecular weight is 400 g/mol. The summed E-state index contributed by atoms with van der Waals surface area (Å²) in [7, 11) is 0. The van der Waals surface area contributed by atoms with Gasteiger partial charge in [-0.05, 0) is 60.3 Å². The third-order valence-electron chi connectivity index (χ3n) is 3.90. The lowest BCUT2D eigenvalue weighted by atomic mass is 9.91. The molecule has 0 saturated carbocycles. The van der Waals surface area contributed by atoms with Gasteiger partial charge in [-0.2, -0.15) is 0 Å². The van der Waals surface area contributed by atoms with Crippen LogP contribution in [-0.2, 0) is 4.75 Å². The van der Waals surface area contributed by atoms with E-state index in [1.165, 1.54) is 11.9 Å². The first-order valence-electron chi connectivity index (χ1n) is 7.10. The summed E-state index contributed by atoms with van der Waals surface area (Å²) in [5, 5.41) is 1.52. The number of nitrogens with two attached hydrogens (primary N) is 1. The van der Waals surface area contributed by atoms with Crippen molar-refractivity contribution >= 4 is 58.4 Å². The van der Waals surface area contributed by atoms with E-state index in [1.807, 2.05) is 18.2 Å². The van der Waals surface area contributed by atoms with Gasteiger partial charge in [0, 0.05) is 16.5 Å². The molecular weight excluding hydrogens is 387 g/mol. The Labute approximate surface area is 159 Å². The van der Waals surface area contributed by atoms with Gasteiger partial charge < -0.3 is 5.73 Å². The van der Waals surface area contributed by atoms with Gasteiger partial charge >= 0.3 is 0 Å². The van der Waals surface area contributed by atoms with Gasteiger partial charge in [0.2, 0.25) is 5.91 Å². The summed E-state index contributed by atoms with van der Waals surface area (Å²) in [5.41, 5.74) is 8.37. The maximum absolute atomic E-state index is 11.3. The van der Waals surface area contributed by atoms with E-state index in [0.717, 1.165) is 16.8 Å². The molecule has 2 aromatic rings. The maximum Gasteiger partial charge on any atom is 0.250 e. The zero-order valence-corrected chi connectivity index (χ0v) is 15.7. The van der Waals surface area contributed by atoms with Crippen LogP contribution in [0.4, 0.5) is 0 Å². The summed E-state index contributed by atoms with van der Waals surface area (Å²) >= 11 is 19.8. The number of primary amides is 1. The largest absolute Gasteiger partial charge is 0.366 e. The summed E-state index contributed by atoms with van der Waals surface area (Å²) in [6, 6.07) is 10.7. The van der Waals surface area contributed by atoms with Crippen LogP contribution >= 0.6 is 46.8 Å². The molecule has 7 heteroatoms. The second-order valence-electron chi connectivity index (χ2n) is 5.75. The van der Waals surface area contributed by atoms with Crippen molar-refractivity contribution in [2.45, 2.75) is 18.1 Å². The molecule has 0 fully saturated rings. The van der Waals surface area contributed by atoms with E-state index in [2.05, 4.69) is 11.3 Å². The number of rotatable bonds is 3. The molecule has 1 amide bonds. The van der Waals surface area contributed by atoms with E-state index in [1.54, 1.807) is 18.2 Å². The Morgan fingerprint density at radius 3 is 2.42 bits per heavy atom. The predicted octanol–water partition coefficient (Wildman–Crippen LogP) is 5.50. The van der Waals surface area contributed by atoms with Crippen LogP contribution < -0.4 is 5.73 Å². The van der Waals surface area contributed by atoms with Crippen molar-refractivity contribution in [2.75, 3.05) is 0 Å². The van der Waals surface area contributed by atoms with Gasteiger partial charge in [0.05, 0.1) is 21.0 Å². The number of nitrogens with zero attached hydrogens (tertiary/aromatic N) is 1. The van der Waals surface area contributed by atoms with Crippen molar-refractivity contribution in [3.63, 3.8) is 0 Å². The molecule has 1 aliphatic rings. The quantitative estimate of drug-likeness (QED) is 0.693. The van der Waals surface area contributed by atoms with Crippen LogP contribution in [0, 0.1) is 0 Å². The molecule has 1 atom stereocenters. The average Bonchev–Trinajstić information content (AvgIpc) is 2.90. The molecule has 0 aliphatic carbocycles. The molecule has 2 aromatic carbocycles. The van der Waals surface area contributed by atoms with Crippen LogP contribution in [-0.4, -0.2) is 11.6 Å². The molecular formula is C17H13Cl3N2OS. The third-order valence-corrected chi connectivity index (χ3v) is 5.75. The number of carbonyl (C=O) groups excluding carboxylic acids is 1. The Hall–Kier alpha value is -1.20. The summed E-state index contributed by atoms with van der Waals surface area (Å²) < 4.78 is 4.32. The van der Waals surface area contributed by atoms with E-state index >= 15 is 0 Å². The fourth-order valence-electron chi connectivity index (χ4n) is 2.60. The standard InChI is InChI=1S/C17H13Cl3N2OS/c1-17(10-5-11(18)7-12(19)6-10)8-15(22-24-17)9-2-3-13(16(21)23)14(20)4-9/h2-7H,8H2,1H3,(H2,21,23). The van der Waals surface area contributed by atoms with Crippen LogP contribution in [0.5, 0.6) is 0 Å². The minimum Gasteiger partial charge on any atom is -0.366 e.